The van der Waals surface area contributed by atoms with Gasteiger partial charge in [-0.2, -0.15) is 0 Å². The summed E-state index contributed by atoms with van der Waals surface area (Å²) in [6.45, 7) is 1.98. The lowest BCUT2D eigenvalue weighted by Gasteiger charge is -2.44. The number of hydrogen-bond acceptors (Lipinski definition) is 5. The topological polar surface area (TPSA) is 55.8 Å². The molecule has 3 saturated heterocycles. The second-order valence-electron chi connectivity index (χ2n) is 6.29. The maximum absolute atomic E-state index is 12.5. The summed E-state index contributed by atoms with van der Waals surface area (Å²) in [5.41, 5.74) is 0.574. The molecule has 3 fully saturated rings. The van der Waals surface area contributed by atoms with Gasteiger partial charge in [-0.1, -0.05) is 0 Å². The third kappa shape index (κ3) is 3.24. The normalized spacial score (nSPS) is 26.2. The standard InChI is InChI=1S/C18H23NO4/c1-22-14-9-13(10-15(11-14)23-2)17(20)4-3-16-18(21)12-5-7-19(16)8-6-12/h9-12,16H,3-8H2,1-2H3. The van der Waals surface area contributed by atoms with E-state index < -0.39 is 0 Å². The highest BCUT2D eigenvalue weighted by molar-refractivity contribution is 5.97. The van der Waals surface area contributed by atoms with Gasteiger partial charge in [0.1, 0.15) is 11.5 Å². The number of carbonyl (C=O) groups excluding carboxylic acids is 2. The van der Waals surface area contributed by atoms with Crippen molar-refractivity contribution in [3.8, 4) is 11.5 Å². The van der Waals surface area contributed by atoms with Crippen molar-refractivity contribution >= 4 is 11.6 Å². The molecule has 1 aromatic rings. The van der Waals surface area contributed by atoms with Gasteiger partial charge in [0, 0.05) is 24.0 Å². The van der Waals surface area contributed by atoms with Crippen LogP contribution in [-0.4, -0.2) is 49.8 Å². The highest BCUT2D eigenvalue weighted by Crippen LogP contribution is 2.31. The molecule has 0 saturated carbocycles. The molecule has 0 aromatic heterocycles. The zero-order valence-electron chi connectivity index (χ0n) is 13.7. The second kappa shape index (κ2) is 6.71. The van der Waals surface area contributed by atoms with Crippen molar-refractivity contribution in [2.24, 2.45) is 5.92 Å². The number of hydrogen-bond donors (Lipinski definition) is 0. The number of benzene rings is 1. The number of fused-ring (bicyclic) bond motifs is 3. The van der Waals surface area contributed by atoms with Crippen LogP contribution in [0.2, 0.25) is 0 Å². The average molecular weight is 317 g/mol. The molecule has 5 nitrogen and oxygen atoms in total. The lowest BCUT2D eigenvalue weighted by Crippen LogP contribution is -2.55. The van der Waals surface area contributed by atoms with Gasteiger partial charge in [0.05, 0.1) is 20.3 Å². The Morgan fingerprint density at radius 2 is 1.74 bits per heavy atom. The third-order valence-electron chi connectivity index (χ3n) is 5.02. The van der Waals surface area contributed by atoms with Crippen molar-refractivity contribution in [1.82, 2.24) is 4.90 Å². The highest BCUT2D eigenvalue weighted by Gasteiger charge is 2.40. The van der Waals surface area contributed by atoms with Crippen molar-refractivity contribution in [3.05, 3.63) is 23.8 Å². The minimum atomic E-state index is -0.0704. The number of nitrogens with zero attached hydrogens (tertiary/aromatic N) is 1. The molecule has 0 aliphatic carbocycles. The summed E-state index contributed by atoms with van der Waals surface area (Å²) in [7, 11) is 3.13. The summed E-state index contributed by atoms with van der Waals surface area (Å²) in [6, 6.07) is 5.12. The van der Waals surface area contributed by atoms with E-state index >= 15 is 0 Å². The fourth-order valence-electron chi connectivity index (χ4n) is 3.65. The van der Waals surface area contributed by atoms with Crippen LogP contribution in [0.25, 0.3) is 0 Å². The lowest BCUT2D eigenvalue weighted by molar-refractivity contribution is -0.137. The van der Waals surface area contributed by atoms with Crippen molar-refractivity contribution < 1.29 is 19.1 Å². The van der Waals surface area contributed by atoms with E-state index in [0.717, 1.165) is 25.9 Å². The summed E-state index contributed by atoms with van der Waals surface area (Å²) in [6.07, 6.45) is 2.94. The minimum Gasteiger partial charge on any atom is -0.497 e. The van der Waals surface area contributed by atoms with Crippen molar-refractivity contribution in [2.75, 3.05) is 27.3 Å². The maximum atomic E-state index is 12.5. The summed E-state index contributed by atoms with van der Waals surface area (Å²) in [4.78, 5) is 27.1. The van der Waals surface area contributed by atoms with Crippen LogP contribution in [0.5, 0.6) is 11.5 Å². The molecule has 0 N–H and O–H groups in total. The first kappa shape index (κ1) is 16.0. The monoisotopic (exact) mass is 317 g/mol. The van der Waals surface area contributed by atoms with E-state index in [0.29, 0.717) is 35.7 Å². The average Bonchev–Trinajstić information content (AvgIpc) is 2.61. The van der Waals surface area contributed by atoms with Crippen LogP contribution in [-0.2, 0) is 4.79 Å². The Morgan fingerprint density at radius 1 is 1.13 bits per heavy atom. The zero-order chi connectivity index (χ0) is 16.4. The Hall–Kier alpha value is -1.88. The highest BCUT2D eigenvalue weighted by atomic mass is 16.5. The molecular weight excluding hydrogens is 294 g/mol. The van der Waals surface area contributed by atoms with Crippen LogP contribution in [0.3, 0.4) is 0 Å². The predicted octanol–water partition coefficient (Wildman–Crippen LogP) is 2.33. The predicted molar refractivity (Wildman–Crippen MR) is 86.2 cm³/mol. The van der Waals surface area contributed by atoms with Gasteiger partial charge in [-0.25, -0.2) is 0 Å². The van der Waals surface area contributed by atoms with Gasteiger partial charge in [0.15, 0.2) is 11.6 Å². The molecular formula is C18H23NO4. The van der Waals surface area contributed by atoms with E-state index in [1.807, 2.05) is 0 Å². The number of rotatable bonds is 6. The van der Waals surface area contributed by atoms with Gasteiger partial charge in [0.2, 0.25) is 0 Å². The molecule has 2 bridgehead atoms. The van der Waals surface area contributed by atoms with E-state index in [1.165, 1.54) is 0 Å². The van der Waals surface area contributed by atoms with E-state index in [4.69, 9.17) is 9.47 Å². The van der Waals surface area contributed by atoms with Crippen LogP contribution < -0.4 is 9.47 Å². The van der Waals surface area contributed by atoms with Crippen molar-refractivity contribution in [2.45, 2.75) is 31.7 Å². The van der Waals surface area contributed by atoms with Crippen molar-refractivity contribution in [1.29, 1.82) is 0 Å². The first-order valence-electron chi connectivity index (χ1n) is 8.16. The van der Waals surface area contributed by atoms with E-state index in [9.17, 15) is 9.59 Å². The van der Waals surface area contributed by atoms with Crippen LogP contribution in [0.15, 0.2) is 18.2 Å². The lowest BCUT2D eigenvalue weighted by atomic mass is 9.80. The molecule has 0 amide bonds. The van der Waals surface area contributed by atoms with Gasteiger partial charge >= 0.3 is 0 Å². The van der Waals surface area contributed by atoms with E-state index in [2.05, 4.69) is 4.90 Å². The number of Topliss-reactive ketones (excluding diaryl/α,β-unsaturated/α-hetero) is 2. The quantitative estimate of drug-likeness (QED) is 0.754. The van der Waals surface area contributed by atoms with E-state index in [-0.39, 0.29) is 17.7 Å². The zero-order valence-corrected chi connectivity index (χ0v) is 13.7. The van der Waals surface area contributed by atoms with Crippen LogP contribution >= 0.6 is 0 Å². The molecule has 0 spiro atoms. The van der Waals surface area contributed by atoms with Crippen molar-refractivity contribution in [3.63, 3.8) is 0 Å². The molecule has 23 heavy (non-hydrogen) atoms. The molecule has 1 atom stereocenters. The number of methoxy groups -OCH3 is 2. The number of ketones is 2. The molecule has 3 heterocycles. The number of piperidine rings is 3. The molecule has 1 unspecified atom stereocenters. The summed E-state index contributed by atoms with van der Waals surface area (Å²) >= 11 is 0. The van der Waals surface area contributed by atoms with Gasteiger partial charge in [-0.3, -0.25) is 14.5 Å². The second-order valence-corrected chi connectivity index (χ2v) is 6.29. The molecule has 3 aliphatic rings. The summed E-state index contributed by atoms with van der Waals surface area (Å²) < 4.78 is 10.4. The fraction of sp³-hybridized carbons (Fsp3) is 0.556. The summed E-state index contributed by atoms with van der Waals surface area (Å²) in [5, 5.41) is 0. The smallest absolute Gasteiger partial charge is 0.163 e. The van der Waals surface area contributed by atoms with Crippen LogP contribution in [0, 0.1) is 5.92 Å². The molecule has 0 radical (unpaired) electrons. The largest absolute Gasteiger partial charge is 0.497 e. The van der Waals surface area contributed by atoms with Crippen LogP contribution in [0.1, 0.15) is 36.0 Å². The number of carbonyl (C=O) groups is 2. The van der Waals surface area contributed by atoms with Gasteiger partial charge < -0.3 is 9.47 Å². The Morgan fingerprint density at radius 3 is 2.26 bits per heavy atom. The van der Waals surface area contributed by atoms with Gasteiger partial charge in [-0.15, -0.1) is 0 Å². The first-order valence-corrected chi connectivity index (χ1v) is 8.16. The molecule has 5 heteroatoms. The molecule has 1 aromatic carbocycles. The Balaban J connectivity index is 1.66. The summed E-state index contributed by atoms with van der Waals surface area (Å²) in [5.74, 6) is 1.78. The Bertz CT molecular complexity index is 583. The van der Waals surface area contributed by atoms with Gasteiger partial charge in [0.25, 0.3) is 0 Å². The fourth-order valence-corrected chi connectivity index (χ4v) is 3.65. The van der Waals surface area contributed by atoms with Crippen LogP contribution in [0.4, 0.5) is 0 Å². The van der Waals surface area contributed by atoms with E-state index in [1.54, 1.807) is 32.4 Å². The third-order valence-corrected chi connectivity index (χ3v) is 5.02. The first-order chi connectivity index (χ1) is 11.1. The molecule has 124 valence electrons. The molecule has 3 aliphatic heterocycles. The molecule has 4 rings (SSSR count). The van der Waals surface area contributed by atoms with Gasteiger partial charge in [-0.05, 0) is 44.5 Å². The number of ether oxygens (including phenoxy) is 2. The Labute approximate surface area is 136 Å². The minimum absolute atomic E-state index is 0.0256. The maximum Gasteiger partial charge on any atom is 0.163 e. The SMILES string of the molecule is COc1cc(OC)cc(C(=O)CCC2C(=O)C3CCN2CC3)c1. The Kier molecular flexibility index (Phi) is 4.66.